The van der Waals surface area contributed by atoms with E-state index >= 15 is 0 Å². The lowest BCUT2D eigenvalue weighted by Crippen LogP contribution is -2.21. The molecule has 94 valence electrons. The SMILES string of the molecule is Cc1ccc(C2(C)CC3=C(CCCC3=O)O2)cc1. The molecule has 1 aromatic carbocycles. The Kier molecular flexibility index (Phi) is 2.54. The van der Waals surface area contributed by atoms with Crippen molar-refractivity contribution in [3.05, 3.63) is 46.7 Å². The van der Waals surface area contributed by atoms with Gasteiger partial charge in [0.1, 0.15) is 11.4 Å². The van der Waals surface area contributed by atoms with E-state index in [-0.39, 0.29) is 11.4 Å². The van der Waals surface area contributed by atoms with Crippen molar-refractivity contribution < 1.29 is 9.53 Å². The molecule has 0 radical (unpaired) electrons. The first-order chi connectivity index (χ1) is 8.58. The smallest absolute Gasteiger partial charge is 0.162 e. The quantitative estimate of drug-likeness (QED) is 0.751. The lowest BCUT2D eigenvalue weighted by atomic mass is 9.86. The number of Topliss-reactive ketones (excluding diaryl/α,β-unsaturated/α-hetero) is 1. The van der Waals surface area contributed by atoms with E-state index in [4.69, 9.17) is 4.74 Å². The molecule has 0 fully saturated rings. The Morgan fingerprint density at radius 2 is 1.89 bits per heavy atom. The highest BCUT2D eigenvalue weighted by Crippen LogP contribution is 2.45. The van der Waals surface area contributed by atoms with Crippen molar-refractivity contribution in [1.82, 2.24) is 0 Å². The van der Waals surface area contributed by atoms with Crippen LogP contribution in [0, 0.1) is 6.92 Å². The summed E-state index contributed by atoms with van der Waals surface area (Å²) in [4.78, 5) is 11.9. The van der Waals surface area contributed by atoms with E-state index in [0.29, 0.717) is 6.42 Å². The summed E-state index contributed by atoms with van der Waals surface area (Å²) in [6, 6.07) is 8.42. The third-order valence-corrected chi connectivity index (χ3v) is 4.01. The molecule has 1 aliphatic heterocycles. The average molecular weight is 242 g/mol. The molecule has 0 aromatic heterocycles. The van der Waals surface area contributed by atoms with Crippen LogP contribution in [0.5, 0.6) is 0 Å². The third kappa shape index (κ3) is 1.76. The van der Waals surface area contributed by atoms with Crippen LogP contribution in [0.2, 0.25) is 0 Å². The van der Waals surface area contributed by atoms with Gasteiger partial charge >= 0.3 is 0 Å². The molecule has 0 saturated heterocycles. The van der Waals surface area contributed by atoms with Crippen molar-refractivity contribution in [3.8, 4) is 0 Å². The molecule has 0 spiro atoms. The summed E-state index contributed by atoms with van der Waals surface area (Å²) in [5, 5.41) is 0. The Balaban J connectivity index is 1.91. The molecule has 1 aliphatic carbocycles. The van der Waals surface area contributed by atoms with Gasteiger partial charge in [0.2, 0.25) is 0 Å². The van der Waals surface area contributed by atoms with Crippen LogP contribution >= 0.6 is 0 Å². The Morgan fingerprint density at radius 3 is 2.56 bits per heavy atom. The lowest BCUT2D eigenvalue weighted by Gasteiger charge is -2.26. The second-order valence-corrected chi connectivity index (χ2v) is 5.55. The largest absolute Gasteiger partial charge is 0.486 e. The van der Waals surface area contributed by atoms with Crippen LogP contribution in [0.4, 0.5) is 0 Å². The van der Waals surface area contributed by atoms with Gasteiger partial charge in [-0.1, -0.05) is 29.8 Å². The number of carbonyl (C=O) groups excluding carboxylic acids is 1. The highest BCUT2D eigenvalue weighted by molar-refractivity contribution is 5.97. The summed E-state index contributed by atoms with van der Waals surface area (Å²) < 4.78 is 6.11. The van der Waals surface area contributed by atoms with Crippen LogP contribution in [0.1, 0.15) is 43.7 Å². The molecule has 0 saturated carbocycles. The number of allylic oxidation sites excluding steroid dienone is 1. The molecule has 1 unspecified atom stereocenters. The molecular weight excluding hydrogens is 224 g/mol. The minimum Gasteiger partial charge on any atom is -0.486 e. The molecule has 1 atom stereocenters. The Bertz CT molecular complexity index is 525. The predicted molar refractivity (Wildman–Crippen MR) is 70.1 cm³/mol. The standard InChI is InChI=1S/C16H18O2/c1-11-6-8-12(9-7-11)16(2)10-13-14(17)4-3-5-15(13)18-16/h6-9H,3-5,10H2,1-2H3. The van der Waals surface area contributed by atoms with E-state index in [2.05, 4.69) is 38.1 Å². The van der Waals surface area contributed by atoms with E-state index in [9.17, 15) is 4.79 Å². The van der Waals surface area contributed by atoms with Crippen molar-refractivity contribution in [3.63, 3.8) is 0 Å². The normalized spacial score (nSPS) is 27.1. The van der Waals surface area contributed by atoms with E-state index in [1.165, 1.54) is 5.56 Å². The van der Waals surface area contributed by atoms with E-state index in [1.807, 2.05) is 0 Å². The molecule has 2 heteroatoms. The molecule has 1 heterocycles. The first-order valence-corrected chi connectivity index (χ1v) is 6.60. The Morgan fingerprint density at radius 1 is 1.17 bits per heavy atom. The number of aryl methyl sites for hydroxylation is 1. The molecule has 2 aliphatic rings. The van der Waals surface area contributed by atoms with Crippen molar-refractivity contribution in [2.24, 2.45) is 0 Å². The number of rotatable bonds is 1. The molecule has 1 aromatic rings. The highest BCUT2D eigenvalue weighted by Gasteiger charge is 2.41. The van der Waals surface area contributed by atoms with Crippen LogP contribution in [-0.4, -0.2) is 5.78 Å². The second-order valence-electron chi connectivity index (χ2n) is 5.55. The van der Waals surface area contributed by atoms with Gasteiger partial charge in [-0.05, 0) is 25.8 Å². The van der Waals surface area contributed by atoms with Gasteiger partial charge in [-0.2, -0.15) is 0 Å². The topological polar surface area (TPSA) is 26.3 Å². The number of hydrogen-bond acceptors (Lipinski definition) is 2. The van der Waals surface area contributed by atoms with Gasteiger partial charge < -0.3 is 4.74 Å². The van der Waals surface area contributed by atoms with Gasteiger partial charge in [0.25, 0.3) is 0 Å². The van der Waals surface area contributed by atoms with E-state index < -0.39 is 0 Å². The maximum absolute atomic E-state index is 11.9. The zero-order chi connectivity index (χ0) is 12.8. The minimum absolute atomic E-state index is 0.284. The summed E-state index contributed by atoms with van der Waals surface area (Å²) in [6.45, 7) is 4.16. The first-order valence-electron chi connectivity index (χ1n) is 6.60. The predicted octanol–water partition coefficient (Wildman–Crippen LogP) is 3.64. The molecule has 2 nitrogen and oxygen atoms in total. The van der Waals surface area contributed by atoms with Gasteiger partial charge in [-0.25, -0.2) is 0 Å². The number of ketones is 1. The third-order valence-electron chi connectivity index (χ3n) is 4.01. The summed E-state index contributed by atoms with van der Waals surface area (Å²) in [5.41, 5.74) is 2.99. The molecular formula is C16H18O2. The fourth-order valence-corrected chi connectivity index (χ4v) is 2.89. The summed E-state index contributed by atoms with van der Waals surface area (Å²) >= 11 is 0. The summed E-state index contributed by atoms with van der Waals surface area (Å²) in [7, 11) is 0. The molecule has 18 heavy (non-hydrogen) atoms. The summed E-state index contributed by atoms with van der Waals surface area (Å²) in [5.74, 6) is 1.22. The van der Waals surface area contributed by atoms with Gasteiger partial charge in [0.05, 0.1) is 0 Å². The zero-order valence-electron chi connectivity index (χ0n) is 11.0. The van der Waals surface area contributed by atoms with Crippen LogP contribution in [0.25, 0.3) is 0 Å². The molecule has 3 rings (SSSR count). The van der Waals surface area contributed by atoms with E-state index in [0.717, 1.165) is 36.2 Å². The van der Waals surface area contributed by atoms with Crippen molar-refractivity contribution in [1.29, 1.82) is 0 Å². The lowest BCUT2D eigenvalue weighted by molar-refractivity contribution is -0.116. The molecule has 0 bridgehead atoms. The fraction of sp³-hybridized carbons (Fsp3) is 0.438. The summed E-state index contributed by atoms with van der Waals surface area (Å²) in [6.07, 6.45) is 3.26. The number of carbonyl (C=O) groups is 1. The first kappa shape index (κ1) is 11.5. The van der Waals surface area contributed by atoms with Crippen molar-refractivity contribution in [2.75, 3.05) is 0 Å². The zero-order valence-corrected chi connectivity index (χ0v) is 11.0. The van der Waals surface area contributed by atoms with Gasteiger partial charge in [0, 0.05) is 24.8 Å². The number of benzene rings is 1. The van der Waals surface area contributed by atoms with Crippen LogP contribution in [0.3, 0.4) is 0 Å². The van der Waals surface area contributed by atoms with Crippen molar-refractivity contribution in [2.45, 2.75) is 45.1 Å². The maximum Gasteiger partial charge on any atom is 0.162 e. The number of hydrogen-bond donors (Lipinski definition) is 0. The molecule has 0 N–H and O–H groups in total. The maximum atomic E-state index is 11.9. The monoisotopic (exact) mass is 242 g/mol. The van der Waals surface area contributed by atoms with Crippen molar-refractivity contribution >= 4 is 5.78 Å². The second kappa shape index (κ2) is 3.98. The van der Waals surface area contributed by atoms with E-state index in [1.54, 1.807) is 0 Å². The van der Waals surface area contributed by atoms with Gasteiger partial charge in [0.15, 0.2) is 5.78 Å². The number of ether oxygens (including phenoxy) is 1. The van der Waals surface area contributed by atoms with Crippen LogP contribution < -0.4 is 0 Å². The Hall–Kier alpha value is -1.57. The Labute approximate surface area is 108 Å². The fourth-order valence-electron chi connectivity index (χ4n) is 2.89. The molecule has 0 amide bonds. The highest BCUT2D eigenvalue weighted by atomic mass is 16.5. The van der Waals surface area contributed by atoms with Crippen LogP contribution in [0.15, 0.2) is 35.6 Å². The minimum atomic E-state index is -0.349. The average Bonchev–Trinajstić information content (AvgIpc) is 2.69. The van der Waals surface area contributed by atoms with Crippen LogP contribution in [-0.2, 0) is 15.1 Å². The van der Waals surface area contributed by atoms with Gasteiger partial charge in [-0.3, -0.25) is 4.79 Å². The van der Waals surface area contributed by atoms with Gasteiger partial charge in [-0.15, -0.1) is 0 Å².